The molecule has 0 saturated carbocycles. The average molecular weight is 169 g/mol. The van der Waals surface area contributed by atoms with Gasteiger partial charge in [0.25, 0.3) is 0 Å². The lowest BCUT2D eigenvalue weighted by atomic mass is 9.85. The van der Waals surface area contributed by atoms with E-state index in [1.165, 1.54) is 6.92 Å². The maximum atomic E-state index is 10.8. The van der Waals surface area contributed by atoms with Crippen LogP contribution < -0.4 is 0 Å². The third-order valence-corrected chi connectivity index (χ3v) is 2.02. The number of aromatic nitrogens is 1. The maximum absolute atomic E-state index is 10.8. The predicted molar refractivity (Wildman–Crippen MR) is 42.9 cm³/mol. The fourth-order valence-corrected chi connectivity index (χ4v) is 0.949. The molecular formula is C8H11NO3. The van der Waals surface area contributed by atoms with Crippen LogP contribution in [0, 0.1) is 0 Å². The van der Waals surface area contributed by atoms with E-state index in [-0.39, 0.29) is 0 Å². The number of nitrogens with one attached hydrogen (secondary N) is 1. The summed E-state index contributed by atoms with van der Waals surface area (Å²) < 4.78 is 0. The van der Waals surface area contributed by atoms with Gasteiger partial charge < -0.3 is 15.2 Å². The van der Waals surface area contributed by atoms with Crippen LogP contribution >= 0.6 is 0 Å². The number of hydrogen-bond donors (Lipinski definition) is 3. The molecule has 0 saturated heterocycles. The minimum atomic E-state index is -1.19. The minimum Gasteiger partial charge on any atom is -0.481 e. The number of carbonyl (C=O) groups is 1. The quantitative estimate of drug-likeness (QED) is 0.611. The summed E-state index contributed by atoms with van der Waals surface area (Å²) in [5, 5.41) is 17.8. The van der Waals surface area contributed by atoms with Crippen LogP contribution in [-0.2, 0) is 10.2 Å². The van der Waals surface area contributed by atoms with Gasteiger partial charge in [0.2, 0.25) is 0 Å². The number of carboxylic acids is 1. The molecule has 1 unspecified atom stereocenters. The summed E-state index contributed by atoms with van der Waals surface area (Å²) in [7, 11) is 0. The highest BCUT2D eigenvalue weighted by Gasteiger charge is 2.34. The number of H-pyrrole nitrogens is 1. The highest BCUT2D eigenvalue weighted by Crippen LogP contribution is 2.22. The van der Waals surface area contributed by atoms with Crippen LogP contribution in [0.15, 0.2) is 18.5 Å². The van der Waals surface area contributed by atoms with E-state index < -0.39 is 18.0 Å². The van der Waals surface area contributed by atoms with Crippen LogP contribution in [-0.4, -0.2) is 27.8 Å². The Hall–Kier alpha value is -1.29. The van der Waals surface area contributed by atoms with E-state index in [1.54, 1.807) is 18.5 Å². The Kier molecular flexibility index (Phi) is 2.19. The van der Waals surface area contributed by atoms with Crippen LogP contribution in [0.3, 0.4) is 0 Å². The Bertz CT molecular complexity index is 268. The van der Waals surface area contributed by atoms with Crippen molar-refractivity contribution in [2.24, 2.45) is 0 Å². The number of rotatable bonds is 3. The highest BCUT2D eigenvalue weighted by molar-refractivity contribution is 5.80. The third-order valence-electron chi connectivity index (χ3n) is 2.02. The van der Waals surface area contributed by atoms with Gasteiger partial charge in [-0.25, -0.2) is 0 Å². The van der Waals surface area contributed by atoms with Crippen LogP contribution in [0.2, 0.25) is 0 Å². The number of aromatic amines is 1. The molecule has 66 valence electrons. The molecule has 0 aromatic carbocycles. The molecule has 3 N–H and O–H groups in total. The summed E-state index contributed by atoms with van der Waals surface area (Å²) in [6.07, 6.45) is 3.20. The van der Waals surface area contributed by atoms with Crippen molar-refractivity contribution >= 4 is 5.97 Å². The van der Waals surface area contributed by atoms with Crippen molar-refractivity contribution in [3.63, 3.8) is 0 Å². The van der Waals surface area contributed by atoms with E-state index in [4.69, 9.17) is 10.2 Å². The first kappa shape index (κ1) is 8.80. The van der Waals surface area contributed by atoms with Crippen LogP contribution in [0.4, 0.5) is 0 Å². The molecule has 4 nitrogen and oxygen atoms in total. The van der Waals surface area contributed by atoms with E-state index in [9.17, 15) is 4.79 Å². The third kappa shape index (κ3) is 1.21. The van der Waals surface area contributed by atoms with Gasteiger partial charge in [0.15, 0.2) is 0 Å². The molecule has 12 heavy (non-hydrogen) atoms. The van der Waals surface area contributed by atoms with E-state index in [0.717, 1.165) is 0 Å². The van der Waals surface area contributed by atoms with Crippen LogP contribution in [0.1, 0.15) is 12.5 Å². The smallest absolute Gasteiger partial charge is 0.316 e. The second kappa shape index (κ2) is 2.98. The van der Waals surface area contributed by atoms with Gasteiger partial charge in [0.05, 0.1) is 6.61 Å². The molecule has 1 heterocycles. The molecule has 0 spiro atoms. The van der Waals surface area contributed by atoms with E-state index >= 15 is 0 Å². The molecule has 0 radical (unpaired) electrons. The standard InChI is InChI=1S/C8H11NO3/c1-8(5-10,7(11)12)6-2-3-9-4-6/h2-4,9-10H,5H2,1H3,(H,11,12). The summed E-state index contributed by atoms with van der Waals surface area (Å²) in [5.41, 5.74) is -0.613. The molecule has 0 fully saturated rings. The molecule has 1 aromatic rings. The van der Waals surface area contributed by atoms with Crippen LogP contribution in [0.25, 0.3) is 0 Å². The summed E-state index contributed by atoms with van der Waals surface area (Å²) in [6.45, 7) is 1.08. The minimum absolute atomic E-state index is 0.403. The maximum Gasteiger partial charge on any atom is 0.316 e. The van der Waals surface area contributed by atoms with Crippen molar-refractivity contribution < 1.29 is 15.0 Å². The molecule has 1 rings (SSSR count). The van der Waals surface area contributed by atoms with Gasteiger partial charge in [-0.3, -0.25) is 4.79 Å². The van der Waals surface area contributed by atoms with E-state index in [0.29, 0.717) is 5.56 Å². The largest absolute Gasteiger partial charge is 0.481 e. The predicted octanol–water partition coefficient (Wildman–Crippen LogP) is 0.349. The van der Waals surface area contributed by atoms with Gasteiger partial charge in [-0.05, 0) is 18.6 Å². The molecule has 0 aliphatic rings. The molecule has 0 bridgehead atoms. The average Bonchev–Trinajstić information content (AvgIpc) is 2.54. The number of aliphatic carboxylic acids is 1. The first-order chi connectivity index (χ1) is 5.61. The number of aliphatic hydroxyl groups is 1. The summed E-state index contributed by atoms with van der Waals surface area (Å²) in [5.74, 6) is -1.02. The number of carboxylic acid groups (broad SMARTS) is 1. The first-order valence-corrected chi connectivity index (χ1v) is 3.59. The second-order valence-corrected chi connectivity index (χ2v) is 2.90. The fourth-order valence-electron chi connectivity index (χ4n) is 0.949. The molecule has 4 heteroatoms. The monoisotopic (exact) mass is 169 g/mol. The normalized spacial score (nSPS) is 15.5. The van der Waals surface area contributed by atoms with Gasteiger partial charge >= 0.3 is 5.97 Å². The van der Waals surface area contributed by atoms with Crippen molar-refractivity contribution in [3.8, 4) is 0 Å². The van der Waals surface area contributed by atoms with E-state index in [2.05, 4.69) is 4.98 Å². The molecule has 0 aliphatic carbocycles. The zero-order chi connectivity index (χ0) is 9.19. The zero-order valence-electron chi connectivity index (χ0n) is 6.74. The second-order valence-electron chi connectivity index (χ2n) is 2.90. The van der Waals surface area contributed by atoms with Crippen molar-refractivity contribution in [1.29, 1.82) is 0 Å². The van der Waals surface area contributed by atoms with Crippen molar-refractivity contribution in [1.82, 2.24) is 4.98 Å². The highest BCUT2D eigenvalue weighted by atomic mass is 16.4. The van der Waals surface area contributed by atoms with Crippen molar-refractivity contribution in [2.75, 3.05) is 6.61 Å². The Labute approximate surface area is 69.9 Å². The SMILES string of the molecule is CC(CO)(C(=O)O)c1cc[nH]c1. The molecule has 1 atom stereocenters. The van der Waals surface area contributed by atoms with Crippen molar-refractivity contribution in [3.05, 3.63) is 24.0 Å². The van der Waals surface area contributed by atoms with Gasteiger partial charge in [-0.15, -0.1) is 0 Å². The first-order valence-electron chi connectivity index (χ1n) is 3.59. The van der Waals surface area contributed by atoms with Crippen molar-refractivity contribution in [2.45, 2.75) is 12.3 Å². The molecular weight excluding hydrogens is 158 g/mol. The number of aliphatic hydroxyl groups excluding tert-OH is 1. The molecule has 0 aliphatic heterocycles. The summed E-state index contributed by atoms with van der Waals surface area (Å²) in [6, 6.07) is 1.64. The summed E-state index contributed by atoms with van der Waals surface area (Å²) in [4.78, 5) is 13.5. The lowest BCUT2D eigenvalue weighted by Gasteiger charge is -2.20. The van der Waals surface area contributed by atoms with Gasteiger partial charge in [-0.1, -0.05) is 0 Å². The lowest BCUT2D eigenvalue weighted by Crippen LogP contribution is -2.35. The Morgan fingerprint density at radius 3 is 2.75 bits per heavy atom. The number of hydrogen-bond acceptors (Lipinski definition) is 2. The molecule has 0 amide bonds. The topological polar surface area (TPSA) is 73.3 Å². The van der Waals surface area contributed by atoms with Gasteiger partial charge in [0, 0.05) is 12.4 Å². The van der Waals surface area contributed by atoms with Crippen LogP contribution in [0.5, 0.6) is 0 Å². The Morgan fingerprint density at radius 2 is 2.42 bits per heavy atom. The Morgan fingerprint density at radius 1 is 1.75 bits per heavy atom. The lowest BCUT2D eigenvalue weighted by molar-refractivity contribution is -0.144. The fraction of sp³-hybridized carbons (Fsp3) is 0.375. The van der Waals surface area contributed by atoms with Gasteiger partial charge in [0.1, 0.15) is 5.41 Å². The zero-order valence-corrected chi connectivity index (χ0v) is 6.74. The molecule has 1 aromatic heterocycles. The van der Waals surface area contributed by atoms with E-state index in [1.807, 2.05) is 0 Å². The summed E-state index contributed by atoms with van der Waals surface area (Å²) >= 11 is 0. The Balaban J connectivity index is 3.04. The van der Waals surface area contributed by atoms with Gasteiger partial charge in [-0.2, -0.15) is 0 Å².